The molecule has 1 aliphatic rings. The smallest absolute Gasteiger partial charge is 0.230 e. The van der Waals surface area contributed by atoms with Crippen molar-refractivity contribution >= 4 is 0 Å². The molecule has 0 spiro atoms. The third-order valence-corrected chi connectivity index (χ3v) is 4.08. The Hall–Kier alpha value is -1.86. The molecule has 23 heavy (non-hydrogen) atoms. The Balaban J connectivity index is 1.58. The first kappa shape index (κ1) is 16.0. The lowest BCUT2D eigenvalue weighted by molar-refractivity contribution is 0.0678. The molecule has 1 aliphatic heterocycles. The van der Waals surface area contributed by atoms with E-state index >= 15 is 0 Å². The third kappa shape index (κ3) is 4.11. The molecule has 5 nitrogen and oxygen atoms in total. The van der Waals surface area contributed by atoms with Crippen LogP contribution in [0.3, 0.4) is 0 Å². The molecule has 0 N–H and O–H groups in total. The second kappa shape index (κ2) is 6.72. The molecular weight excluding hydrogens is 302 g/mol. The van der Waals surface area contributed by atoms with Crippen LogP contribution in [0.25, 0.3) is 0 Å². The minimum atomic E-state index is -0.530. The summed E-state index contributed by atoms with van der Waals surface area (Å²) in [5.41, 5.74) is 0.662. The molecule has 1 unspecified atom stereocenters. The molecular formula is C16H20F2N4O. The fourth-order valence-corrected chi connectivity index (χ4v) is 2.98. The van der Waals surface area contributed by atoms with Crippen LogP contribution in [0.2, 0.25) is 0 Å². The number of aromatic nitrogens is 2. The first-order valence-corrected chi connectivity index (χ1v) is 7.70. The van der Waals surface area contributed by atoms with Gasteiger partial charge in [0, 0.05) is 45.2 Å². The average Bonchev–Trinajstić information content (AvgIpc) is 2.86. The maximum absolute atomic E-state index is 13.3. The molecule has 0 bridgehead atoms. The van der Waals surface area contributed by atoms with E-state index in [4.69, 9.17) is 4.42 Å². The maximum atomic E-state index is 13.3. The van der Waals surface area contributed by atoms with Crippen molar-refractivity contribution in [1.29, 1.82) is 0 Å². The van der Waals surface area contributed by atoms with Gasteiger partial charge in [-0.1, -0.05) is 0 Å². The van der Waals surface area contributed by atoms with E-state index in [-0.39, 0.29) is 6.04 Å². The summed E-state index contributed by atoms with van der Waals surface area (Å²) >= 11 is 0. The molecule has 1 aromatic heterocycles. The minimum absolute atomic E-state index is 0.277. The largest absolute Gasteiger partial charge is 0.424 e. The van der Waals surface area contributed by atoms with Crippen molar-refractivity contribution in [3.63, 3.8) is 0 Å². The second-order valence-corrected chi connectivity index (χ2v) is 6.05. The van der Waals surface area contributed by atoms with Crippen molar-refractivity contribution in [1.82, 2.24) is 20.0 Å². The number of hydrogen-bond donors (Lipinski definition) is 0. The van der Waals surface area contributed by atoms with Crippen molar-refractivity contribution < 1.29 is 13.2 Å². The van der Waals surface area contributed by atoms with Gasteiger partial charge in [-0.15, -0.1) is 10.2 Å². The summed E-state index contributed by atoms with van der Waals surface area (Å²) in [6.45, 7) is 7.59. The van der Waals surface area contributed by atoms with E-state index in [0.29, 0.717) is 30.4 Å². The fourth-order valence-electron chi connectivity index (χ4n) is 2.98. The zero-order chi connectivity index (χ0) is 16.4. The first-order chi connectivity index (χ1) is 11.0. The molecule has 2 heterocycles. The van der Waals surface area contributed by atoms with Crippen molar-refractivity contribution in [2.24, 2.45) is 0 Å². The molecule has 0 saturated carbocycles. The standard InChI is InChI=1S/C16H20F2N4O/c1-11-8-21(10-16-20-19-12(2)23-16)3-4-22(11)9-13-5-14(17)7-15(18)6-13/h5-7,11H,3-4,8-10H2,1-2H3. The molecule has 0 aliphatic carbocycles. The van der Waals surface area contributed by atoms with E-state index in [1.807, 2.05) is 0 Å². The molecule has 2 aromatic rings. The van der Waals surface area contributed by atoms with Crippen LogP contribution in [0.15, 0.2) is 22.6 Å². The van der Waals surface area contributed by atoms with Gasteiger partial charge in [-0.25, -0.2) is 8.78 Å². The molecule has 1 saturated heterocycles. The van der Waals surface area contributed by atoms with E-state index in [1.165, 1.54) is 12.1 Å². The van der Waals surface area contributed by atoms with Crippen LogP contribution in [0.4, 0.5) is 8.78 Å². The predicted octanol–water partition coefficient (Wildman–Crippen LogP) is 2.36. The molecule has 3 rings (SSSR count). The highest BCUT2D eigenvalue weighted by Crippen LogP contribution is 2.17. The zero-order valence-corrected chi connectivity index (χ0v) is 13.3. The SMILES string of the molecule is Cc1nnc(CN2CCN(Cc3cc(F)cc(F)c3)C(C)C2)o1. The molecule has 124 valence electrons. The van der Waals surface area contributed by atoms with Crippen LogP contribution in [0.5, 0.6) is 0 Å². The highest BCUT2D eigenvalue weighted by molar-refractivity contribution is 5.18. The number of hydrogen-bond acceptors (Lipinski definition) is 5. The zero-order valence-electron chi connectivity index (χ0n) is 13.3. The van der Waals surface area contributed by atoms with E-state index in [9.17, 15) is 8.78 Å². The van der Waals surface area contributed by atoms with Crippen molar-refractivity contribution in [3.05, 3.63) is 47.2 Å². The summed E-state index contributed by atoms with van der Waals surface area (Å²) in [6, 6.07) is 3.96. The summed E-state index contributed by atoms with van der Waals surface area (Å²) in [7, 11) is 0. The van der Waals surface area contributed by atoms with E-state index in [1.54, 1.807) is 6.92 Å². The van der Waals surface area contributed by atoms with Gasteiger partial charge >= 0.3 is 0 Å². The number of aryl methyl sites for hydroxylation is 1. The molecule has 1 fully saturated rings. The van der Waals surface area contributed by atoms with Crippen LogP contribution >= 0.6 is 0 Å². The van der Waals surface area contributed by atoms with Crippen LogP contribution < -0.4 is 0 Å². The maximum Gasteiger partial charge on any atom is 0.230 e. The number of halogens is 2. The number of benzene rings is 1. The number of piperazine rings is 1. The summed E-state index contributed by atoms with van der Waals surface area (Å²) < 4.78 is 32.0. The summed E-state index contributed by atoms with van der Waals surface area (Å²) in [5.74, 6) is 0.131. The van der Waals surface area contributed by atoms with Gasteiger partial charge in [0.15, 0.2) is 0 Å². The van der Waals surface area contributed by atoms with E-state index < -0.39 is 11.6 Å². The molecule has 0 amide bonds. The molecule has 7 heteroatoms. The lowest BCUT2D eigenvalue weighted by atomic mass is 10.1. The van der Waals surface area contributed by atoms with Crippen LogP contribution in [0, 0.1) is 18.6 Å². The van der Waals surface area contributed by atoms with Crippen LogP contribution in [0.1, 0.15) is 24.3 Å². The summed E-state index contributed by atoms with van der Waals surface area (Å²) in [5, 5.41) is 7.85. The normalized spacial score (nSPS) is 20.1. The van der Waals surface area contributed by atoms with E-state index in [2.05, 4.69) is 26.9 Å². The summed E-state index contributed by atoms with van der Waals surface area (Å²) in [6.07, 6.45) is 0. The van der Waals surface area contributed by atoms with Gasteiger partial charge in [0.05, 0.1) is 6.54 Å². The number of nitrogens with zero attached hydrogens (tertiary/aromatic N) is 4. The minimum Gasteiger partial charge on any atom is -0.424 e. The van der Waals surface area contributed by atoms with E-state index in [0.717, 1.165) is 25.7 Å². The Morgan fingerprint density at radius 1 is 1.13 bits per heavy atom. The Labute approximate surface area is 133 Å². The molecule has 1 aromatic carbocycles. The molecule has 1 atom stereocenters. The Bertz CT molecular complexity index is 656. The van der Waals surface area contributed by atoms with Crippen molar-refractivity contribution in [2.75, 3.05) is 19.6 Å². The Kier molecular flexibility index (Phi) is 4.68. The van der Waals surface area contributed by atoms with Gasteiger partial charge in [-0.05, 0) is 24.6 Å². The quantitative estimate of drug-likeness (QED) is 0.865. The fraction of sp³-hybridized carbons (Fsp3) is 0.500. The van der Waals surface area contributed by atoms with Gasteiger partial charge in [0.1, 0.15) is 11.6 Å². The van der Waals surface area contributed by atoms with Gasteiger partial charge in [-0.2, -0.15) is 0 Å². The Morgan fingerprint density at radius 2 is 1.87 bits per heavy atom. The Morgan fingerprint density at radius 3 is 2.48 bits per heavy atom. The van der Waals surface area contributed by atoms with Crippen LogP contribution in [-0.4, -0.2) is 45.7 Å². The summed E-state index contributed by atoms with van der Waals surface area (Å²) in [4.78, 5) is 4.48. The highest BCUT2D eigenvalue weighted by Gasteiger charge is 2.25. The van der Waals surface area contributed by atoms with Gasteiger partial charge in [0.2, 0.25) is 11.8 Å². The van der Waals surface area contributed by atoms with Gasteiger partial charge in [-0.3, -0.25) is 9.80 Å². The van der Waals surface area contributed by atoms with Crippen molar-refractivity contribution in [2.45, 2.75) is 33.0 Å². The first-order valence-electron chi connectivity index (χ1n) is 7.70. The van der Waals surface area contributed by atoms with Crippen molar-refractivity contribution in [3.8, 4) is 0 Å². The monoisotopic (exact) mass is 322 g/mol. The average molecular weight is 322 g/mol. The second-order valence-electron chi connectivity index (χ2n) is 6.05. The third-order valence-electron chi connectivity index (χ3n) is 4.08. The topological polar surface area (TPSA) is 45.4 Å². The lowest BCUT2D eigenvalue weighted by Crippen LogP contribution is -2.50. The van der Waals surface area contributed by atoms with Gasteiger partial charge < -0.3 is 4.42 Å². The highest BCUT2D eigenvalue weighted by atomic mass is 19.1. The molecule has 0 radical (unpaired) electrons. The lowest BCUT2D eigenvalue weighted by Gasteiger charge is -2.39. The van der Waals surface area contributed by atoms with Gasteiger partial charge in [0.25, 0.3) is 0 Å². The van der Waals surface area contributed by atoms with Crippen LogP contribution in [-0.2, 0) is 13.1 Å². The number of rotatable bonds is 4. The predicted molar refractivity (Wildman–Crippen MR) is 80.5 cm³/mol.